The van der Waals surface area contributed by atoms with Crippen LogP contribution in [0.3, 0.4) is 0 Å². The zero-order valence-electron chi connectivity index (χ0n) is 15.6. The molecule has 0 N–H and O–H groups in total. The minimum absolute atomic E-state index is 0.0302. The third-order valence-electron chi connectivity index (χ3n) is 5.84. The summed E-state index contributed by atoms with van der Waals surface area (Å²) >= 11 is 0. The van der Waals surface area contributed by atoms with Crippen LogP contribution in [0.15, 0.2) is 24.5 Å². The Balaban J connectivity index is 1.82. The molecule has 0 aliphatic carbocycles. The predicted molar refractivity (Wildman–Crippen MR) is 95.7 cm³/mol. The summed E-state index contributed by atoms with van der Waals surface area (Å²) in [5.74, 6) is 0.308. The average Bonchev–Trinajstić information content (AvgIpc) is 3.17. The number of likely N-dealkylation sites (tertiary alicyclic amines) is 2. The van der Waals surface area contributed by atoms with Crippen molar-refractivity contribution in [2.45, 2.75) is 31.8 Å². The molecule has 1 aromatic rings. The monoisotopic (exact) mass is 344 g/mol. The molecule has 0 saturated carbocycles. The number of carbonyl (C=O) groups excluding carboxylic acids is 2. The molecule has 6 nitrogen and oxygen atoms in total. The molecule has 6 heteroatoms. The lowest BCUT2D eigenvalue weighted by atomic mass is 9.93. The van der Waals surface area contributed by atoms with Gasteiger partial charge in [-0.25, -0.2) is 0 Å². The Bertz CT molecular complexity index is 634. The number of amides is 2. The highest BCUT2D eigenvalue weighted by Gasteiger charge is 2.46. The molecule has 3 heterocycles. The largest absolute Gasteiger partial charge is 0.340 e. The number of nitrogens with zero attached hydrogens (tertiary/aromatic N) is 4. The van der Waals surface area contributed by atoms with Gasteiger partial charge in [-0.15, -0.1) is 0 Å². The smallest absolute Gasteiger partial charge is 0.228 e. The second kappa shape index (κ2) is 7.12. The molecule has 2 aliphatic heterocycles. The average molecular weight is 344 g/mol. The number of hydrogen-bond acceptors (Lipinski definition) is 4. The Morgan fingerprint density at radius 1 is 1.36 bits per heavy atom. The Hall–Kier alpha value is -1.95. The predicted octanol–water partition coefficient (Wildman–Crippen LogP) is 1.40. The first kappa shape index (κ1) is 17.9. The lowest BCUT2D eigenvalue weighted by molar-refractivity contribution is -0.135. The number of likely N-dealkylation sites (N-methyl/N-ethyl adjacent to an activating group) is 1. The van der Waals surface area contributed by atoms with Crippen LogP contribution < -0.4 is 0 Å². The quantitative estimate of drug-likeness (QED) is 0.828. The highest BCUT2D eigenvalue weighted by atomic mass is 16.2. The van der Waals surface area contributed by atoms with Crippen molar-refractivity contribution in [3.05, 3.63) is 30.1 Å². The van der Waals surface area contributed by atoms with Crippen molar-refractivity contribution in [1.29, 1.82) is 0 Å². The first-order valence-electron chi connectivity index (χ1n) is 9.04. The molecule has 2 amide bonds. The zero-order chi connectivity index (χ0) is 18.1. The van der Waals surface area contributed by atoms with Gasteiger partial charge in [0.15, 0.2) is 0 Å². The Kier molecular flexibility index (Phi) is 5.08. The van der Waals surface area contributed by atoms with Crippen molar-refractivity contribution in [2.24, 2.45) is 11.8 Å². The molecule has 2 saturated heterocycles. The summed E-state index contributed by atoms with van der Waals surface area (Å²) in [6.45, 7) is 3.71. The van der Waals surface area contributed by atoms with E-state index in [1.165, 1.54) is 0 Å². The zero-order valence-corrected chi connectivity index (χ0v) is 15.6. The van der Waals surface area contributed by atoms with E-state index in [0.717, 1.165) is 25.1 Å². The van der Waals surface area contributed by atoms with E-state index in [-0.39, 0.29) is 30.2 Å². The van der Waals surface area contributed by atoms with E-state index < -0.39 is 0 Å². The van der Waals surface area contributed by atoms with Crippen LogP contribution in [0.25, 0.3) is 0 Å². The third kappa shape index (κ3) is 3.27. The van der Waals surface area contributed by atoms with Crippen molar-refractivity contribution >= 4 is 11.8 Å². The van der Waals surface area contributed by atoms with E-state index in [1.54, 1.807) is 24.3 Å². The van der Waals surface area contributed by atoms with E-state index in [4.69, 9.17) is 0 Å². The molecule has 3 rings (SSSR count). The molecule has 136 valence electrons. The van der Waals surface area contributed by atoms with E-state index in [1.807, 2.05) is 17.0 Å². The molecule has 2 fully saturated rings. The topological polar surface area (TPSA) is 56.8 Å². The maximum absolute atomic E-state index is 13.3. The van der Waals surface area contributed by atoms with Gasteiger partial charge in [0.2, 0.25) is 11.8 Å². The number of pyridine rings is 1. The molecule has 0 bridgehead atoms. The fourth-order valence-corrected chi connectivity index (χ4v) is 4.35. The molecule has 0 spiro atoms. The maximum atomic E-state index is 13.3. The molecule has 4 unspecified atom stereocenters. The molecule has 1 aromatic heterocycles. The maximum Gasteiger partial charge on any atom is 0.228 e. The first-order valence-corrected chi connectivity index (χ1v) is 9.04. The molecular weight excluding hydrogens is 316 g/mol. The van der Waals surface area contributed by atoms with E-state index >= 15 is 0 Å². The van der Waals surface area contributed by atoms with Gasteiger partial charge < -0.3 is 14.7 Å². The first-order chi connectivity index (χ1) is 11.9. The number of rotatable bonds is 4. The minimum atomic E-state index is -0.319. The molecule has 0 aromatic carbocycles. The number of hydrogen-bond donors (Lipinski definition) is 0. The molecule has 25 heavy (non-hydrogen) atoms. The summed E-state index contributed by atoms with van der Waals surface area (Å²) in [5.41, 5.74) is 0.935. The third-order valence-corrected chi connectivity index (χ3v) is 5.84. The summed E-state index contributed by atoms with van der Waals surface area (Å²) in [5, 5.41) is 0. The normalized spacial score (nSPS) is 29.7. The van der Waals surface area contributed by atoms with Crippen LogP contribution in [0.5, 0.6) is 0 Å². The van der Waals surface area contributed by atoms with Gasteiger partial charge in [-0.2, -0.15) is 0 Å². The van der Waals surface area contributed by atoms with Crippen molar-refractivity contribution in [1.82, 2.24) is 19.7 Å². The number of carbonyl (C=O) groups is 2. The second-order valence-electron chi connectivity index (χ2n) is 7.49. The lowest BCUT2D eigenvalue weighted by Crippen LogP contribution is -2.39. The summed E-state index contributed by atoms with van der Waals surface area (Å²) in [6, 6.07) is 3.99. The lowest BCUT2D eigenvalue weighted by Gasteiger charge is -2.28. The highest BCUT2D eigenvalue weighted by Crippen LogP contribution is 2.39. The van der Waals surface area contributed by atoms with Crippen LogP contribution >= 0.6 is 0 Å². The van der Waals surface area contributed by atoms with Gasteiger partial charge in [-0.1, -0.05) is 19.4 Å². The van der Waals surface area contributed by atoms with Crippen LogP contribution in [-0.2, 0) is 9.59 Å². The summed E-state index contributed by atoms with van der Waals surface area (Å²) in [7, 11) is 5.94. The minimum Gasteiger partial charge on any atom is -0.340 e. The van der Waals surface area contributed by atoms with E-state index in [9.17, 15) is 9.59 Å². The van der Waals surface area contributed by atoms with Crippen LogP contribution in [0, 0.1) is 11.8 Å². The summed E-state index contributed by atoms with van der Waals surface area (Å²) in [6.07, 6.45) is 4.82. The van der Waals surface area contributed by atoms with Gasteiger partial charge >= 0.3 is 0 Å². The van der Waals surface area contributed by atoms with Gasteiger partial charge in [0.25, 0.3) is 0 Å². The number of aromatic nitrogens is 1. The van der Waals surface area contributed by atoms with E-state index in [0.29, 0.717) is 12.0 Å². The van der Waals surface area contributed by atoms with Crippen molar-refractivity contribution in [2.75, 3.05) is 34.2 Å². The fourth-order valence-electron chi connectivity index (χ4n) is 4.35. The van der Waals surface area contributed by atoms with Crippen molar-refractivity contribution < 1.29 is 9.59 Å². The molecule has 4 atom stereocenters. The van der Waals surface area contributed by atoms with Crippen molar-refractivity contribution in [3.63, 3.8) is 0 Å². The van der Waals surface area contributed by atoms with Gasteiger partial charge in [0.05, 0.1) is 12.0 Å². The Labute approximate surface area is 149 Å². The summed E-state index contributed by atoms with van der Waals surface area (Å²) < 4.78 is 0. The second-order valence-corrected chi connectivity index (χ2v) is 7.49. The van der Waals surface area contributed by atoms with E-state index in [2.05, 4.69) is 30.9 Å². The fraction of sp³-hybridized carbons (Fsp3) is 0.632. The van der Waals surface area contributed by atoms with Gasteiger partial charge in [-0.05, 0) is 31.6 Å². The van der Waals surface area contributed by atoms with Gasteiger partial charge in [0, 0.05) is 45.0 Å². The Morgan fingerprint density at radius 2 is 2.12 bits per heavy atom. The van der Waals surface area contributed by atoms with Gasteiger partial charge in [-0.3, -0.25) is 14.6 Å². The van der Waals surface area contributed by atoms with Crippen LogP contribution in [0.1, 0.15) is 31.4 Å². The molecular formula is C19H28N4O2. The molecule has 0 radical (unpaired) electrons. The standard InChI is InChI=1S/C19H28N4O2/c1-5-13-11-23(12-16(13)21(2)3)19(25)15-9-17(24)22(4)18(15)14-7-6-8-20-10-14/h6-8,10,13,15-16,18H,5,9,11-12H2,1-4H3. The summed E-state index contributed by atoms with van der Waals surface area (Å²) in [4.78, 5) is 35.6. The van der Waals surface area contributed by atoms with Gasteiger partial charge in [0.1, 0.15) is 0 Å². The SMILES string of the molecule is CCC1CN(C(=O)C2CC(=O)N(C)C2c2cccnc2)CC1N(C)C. The van der Waals surface area contributed by atoms with Crippen LogP contribution in [0.2, 0.25) is 0 Å². The van der Waals surface area contributed by atoms with Crippen LogP contribution in [-0.4, -0.2) is 71.8 Å². The Morgan fingerprint density at radius 3 is 2.68 bits per heavy atom. The highest BCUT2D eigenvalue weighted by molar-refractivity contribution is 5.90. The van der Waals surface area contributed by atoms with Crippen LogP contribution in [0.4, 0.5) is 0 Å². The molecule has 2 aliphatic rings. The van der Waals surface area contributed by atoms with Crippen molar-refractivity contribution in [3.8, 4) is 0 Å².